The van der Waals surface area contributed by atoms with Crippen molar-refractivity contribution in [2.45, 2.75) is 18.6 Å². The summed E-state index contributed by atoms with van der Waals surface area (Å²) in [7, 11) is -10.2. The standard InChI is InChI=1S/C17H18N2O8P2/c20-17(27-10-12-4-2-1-3-5-12)13-6-7-14-15(8-13)19(11-18-14)9-16(28(21,22)23)29(24,25)26/h1-8,11,16H,9-10H2,(H2,21,22,23)(H2,24,25,26). The molecule has 4 N–H and O–H groups in total. The van der Waals surface area contributed by atoms with Crippen molar-refractivity contribution >= 4 is 32.2 Å². The van der Waals surface area contributed by atoms with Crippen LogP contribution in [0.4, 0.5) is 0 Å². The largest absolute Gasteiger partial charge is 0.457 e. The summed E-state index contributed by atoms with van der Waals surface area (Å²) in [6, 6.07) is 13.4. The summed E-state index contributed by atoms with van der Waals surface area (Å²) in [5, 5.41) is -2.22. The van der Waals surface area contributed by atoms with E-state index in [1.807, 2.05) is 18.2 Å². The number of fused-ring (bicyclic) bond motifs is 1. The van der Waals surface area contributed by atoms with E-state index in [9.17, 15) is 33.5 Å². The first-order valence-corrected chi connectivity index (χ1v) is 11.7. The fourth-order valence-electron chi connectivity index (χ4n) is 2.72. The second-order valence-electron chi connectivity index (χ2n) is 6.32. The van der Waals surface area contributed by atoms with Crippen molar-refractivity contribution in [3.05, 3.63) is 66.0 Å². The Bertz CT molecular complexity index is 1100. The van der Waals surface area contributed by atoms with Gasteiger partial charge in [-0.2, -0.15) is 0 Å². The van der Waals surface area contributed by atoms with Gasteiger partial charge in [-0.25, -0.2) is 9.78 Å². The lowest BCUT2D eigenvalue weighted by Crippen LogP contribution is -2.17. The van der Waals surface area contributed by atoms with Gasteiger partial charge < -0.3 is 28.9 Å². The van der Waals surface area contributed by atoms with E-state index in [-0.39, 0.29) is 17.7 Å². The van der Waals surface area contributed by atoms with Crippen LogP contribution in [0, 0.1) is 0 Å². The van der Waals surface area contributed by atoms with E-state index in [0.29, 0.717) is 5.52 Å². The molecule has 12 heteroatoms. The topological polar surface area (TPSA) is 159 Å². The number of hydrogen-bond donors (Lipinski definition) is 4. The van der Waals surface area contributed by atoms with Gasteiger partial charge in [0.15, 0.2) is 5.40 Å². The van der Waals surface area contributed by atoms with Gasteiger partial charge in [0.2, 0.25) is 0 Å². The zero-order chi connectivity index (χ0) is 21.2. The first-order valence-electron chi connectivity index (χ1n) is 8.32. The summed E-state index contributed by atoms with van der Waals surface area (Å²) in [5.41, 5.74) is 1.64. The molecule has 3 rings (SSSR count). The number of benzene rings is 2. The van der Waals surface area contributed by atoms with E-state index >= 15 is 0 Å². The molecule has 10 nitrogen and oxygen atoms in total. The molecule has 3 aromatic rings. The van der Waals surface area contributed by atoms with Gasteiger partial charge in [0, 0.05) is 6.54 Å². The minimum Gasteiger partial charge on any atom is -0.457 e. The molecule has 1 heterocycles. The third-order valence-electron chi connectivity index (χ3n) is 4.21. The molecule has 0 fully saturated rings. The fourth-order valence-corrected chi connectivity index (χ4v) is 5.07. The number of ether oxygens (including phenoxy) is 1. The number of nitrogens with zero attached hydrogens (tertiary/aromatic N) is 2. The zero-order valence-corrected chi connectivity index (χ0v) is 16.7. The molecule has 0 spiro atoms. The molecule has 0 bridgehead atoms. The highest BCUT2D eigenvalue weighted by atomic mass is 31.2. The van der Waals surface area contributed by atoms with Crippen LogP contribution in [-0.4, -0.2) is 40.5 Å². The molecule has 2 aromatic carbocycles. The molecule has 0 saturated carbocycles. The fraction of sp³-hybridized carbons (Fsp3) is 0.176. The summed E-state index contributed by atoms with van der Waals surface area (Å²) in [4.78, 5) is 53.6. The minimum absolute atomic E-state index is 0.0649. The minimum atomic E-state index is -5.10. The SMILES string of the molecule is O=C(OCc1ccccc1)c1ccc2ncn(CC(P(=O)(O)O)P(=O)(O)O)c2c1. The molecular weight excluding hydrogens is 422 g/mol. The van der Waals surface area contributed by atoms with Crippen LogP contribution >= 0.6 is 15.2 Å². The zero-order valence-electron chi connectivity index (χ0n) is 14.9. The number of imidazole rings is 1. The van der Waals surface area contributed by atoms with Crippen LogP contribution in [0.1, 0.15) is 15.9 Å². The molecule has 0 aliphatic carbocycles. The highest BCUT2D eigenvalue weighted by Crippen LogP contribution is 2.60. The monoisotopic (exact) mass is 440 g/mol. The Hall–Kier alpha value is -2.32. The van der Waals surface area contributed by atoms with E-state index < -0.39 is 33.1 Å². The molecule has 0 amide bonds. The number of rotatable bonds is 7. The van der Waals surface area contributed by atoms with Crippen LogP contribution in [0.25, 0.3) is 11.0 Å². The Kier molecular flexibility index (Phi) is 6.05. The van der Waals surface area contributed by atoms with Crippen LogP contribution in [0.15, 0.2) is 54.9 Å². The van der Waals surface area contributed by atoms with Crippen molar-refractivity contribution in [2.24, 2.45) is 0 Å². The normalized spacial score (nSPS) is 12.4. The molecule has 0 unspecified atom stereocenters. The third kappa shape index (κ3) is 5.19. The predicted octanol–water partition coefficient (Wildman–Crippen LogP) is 2.07. The third-order valence-corrected chi connectivity index (χ3v) is 7.89. The highest BCUT2D eigenvalue weighted by molar-refractivity contribution is 7.70. The Balaban J connectivity index is 1.85. The van der Waals surface area contributed by atoms with Crippen molar-refractivity contribution < 1.29 is 38.2 Å². The smallest absolute Gasteiger partial charge is 0.342 e. The maximum atomic E-state index is 12.3. The molecule has 154 valence electrons. The van der Waals surface area contributed by atoms with Gasteiger partial charge in [0.05, 0.1) is 22.9 Å². The van der Waals surface area contributed by atoms with E-state index in [0.717, 1.165) is 5.56 Å². The summed E-state index contributed by atoms with van der Waals surface area (Å²) >= 11 is 0. The number of hydrogen-bond acceptors (Lipinski definition) is 5. The molecule has 0 aliphatic rings. The van der Waals surface area contributed by atoms with Crippen molar-refractivity contribution in [1.82, 2.24) is 9.55 Å². The molecule has 1 aromatic heterocycles. The number of esters is 1. The van der Waals surface area contributed by atoms with Crippen molar-refractivity contribution in [1.29, 1.82) is 0 Å². The van der Waals surface area contributed by atoms with Gasteiger partial charge in [-0.15, -0.1) is 0 Å². The van der Waals surface area contributed by atoms with Gasteiger partial charge in [0.1, 0.15) is 6.61 Å². The van der Waals surface area contributed by atoms with Gasteiger partial charge in [-0.3, -0.25) is 9.13 Å². The van der Waals surface area contributed by atoms with Crippen LogP contribution in [0.2, 0.25) is 0 Å². The van der Waals surface area contributed by atoms with Gasteiger partial charge >= 0.3 is 21.2 Å². The van der Waals surface area contributed by atoms with E-state index in [1.54, 1.807) is 12.1 Å². The van der Waals surface area contributed by atoms with Gasteiger partial charge in [-0.1, -0.05) is 30.3 Å². The average molecular weight is 440 g/mol. The average Bonchev–Trinajstić information content (AvgIpc) is 3.05. The summed E-state index contributed by atoms with van der Waals surface area (Å²) < 4.78 is 29.5. The lowest BCUT2D eigenvalue weighted by molar-refractivity contribution is 0.0472. The lowest BCUT2D eigenvalue weighted by atomic mass is 10.2. The quantitative estimate of drug-likeness (QED) is 0.319. The van der Waals surface area contributed by atoms with Crippen LogP contribution in [0.5, 0.6) is 0 Å². The van der Waals surface area contributed by atoms with E-state index in [4.69, 9.17) is 4.74 Å². The highest BCUT2D eigenvalue weighted by Gasteiger charge is 2.43. The molecule has 0 aliphatic heterocycles. The maximum absolute atomic E-state index is 12.3. The molecule has 0 radical (unpaired) electrons. The summed E-state index contributed by atoms with van der Waals surface area (Å²) in [6.07, 6.45) is 1.20. The first-order chi connectivity index (χ1) is 13.6. The van der Waals surface area contributed by atoms with Crippen molar-refractivity contribution in [3.63, 3.8) is 0 Å². The van der Waals surface area contributed by atoms with E-state index in [1.165, 1.54) is 29.1 Å². The second kappa shape index (κ2) is 8.20. The Morgan fingerprint density at radius 3 is 2.31 bits per heavy atom. The molecular formula is C17H18N2O8P2. The molecule has 0 saturated heterocycles. The number of carbonyl (C=O) groups is 1. The Morgan fingerprint density at radius 1 is 1.03 bits per heavy atom. The lowest BCUT2D eigenvalue weighted by Gasteiger charge is -2.20. The van der Waals surface area contributed by atoms with Crippen molar-refractivity contribution in [3.8, 4) is 0 Å². The van der Waals surface area contributed by atoms with Crippen LogP contribution in [-0.2, 0) is 27.0 Å². The number of carbonyl (C=O) groups excluding carboxylic acids is 1. The maximum Gasteiger partial charge on any atom is 0.342 e. The molecule has 0 atom stereocenters. The van der Waals surface area contributed by atoms with Crippen LogP contribution in [0.3, 0.4) is 0 Å². The van der Waals surface area contributed by atoms with Gasteiger partial charge in [-0.05, 0) is 23.8 Å². The predicted molar refractivity (Wildman–Crippen MR) is 103 cm³/mol. The number of aromatic nitrogens is 2. The van der Waals surface area contributed by atoms with Gasteiger partial charge in [0.25, 0.3) is 0 Å². The Labute approximate surface area is 165 Å². The molecule has 29 heavy (non-hydrogen) atoms. The Morgan fingerprint density at radius 2 is 1.69 bits per heavy atom. The van der Waals surface area contributed by atoms with Crippen molar-refractivity contribution in [2.75, 3.05) is 0 Å². The summed E-state index contributed by atoms with van der Waals surface area (Å²) in [5.74, 6) is -0.620. The first kappa shape index (κ1) is 21.4. The second-order valence-corrected chi connectivity index (χ2v) is 10.3. The van der Waals surface area contributed by atoms with Crippen LogP contribution < -0.4 is 0 Å². The van der Waals surface area contributed by atoms with E-state index in [2.05, 4.69) is 4.98 Å². The summed E-state index contributed by atoms with van der Waals surface area (Å²) in [6.45, 7) is -0.608.